The number of hydrogen-bond acceptors (Lipinski definition) is 4. The Balaban J connectivity index is 1.38. The van der Waals surface area contributed by atoms with E-state index in [-0.39, 0.29) is 18.4 Å². The highest BCUT2D eigenvalue weighted by Gasteiger charge is 2.35. The molecule has 2 atom stereocenters. The van der Waals surface area contributed by atoms with Gasteiger partial charge >= 0.3 is 0 Å². The first-order valence-electron chi connectivity index (χ1n) is 12.1. The van der Waals surface area contributed by atoms with E-state index >= 15 is 0 Å². The predicted molar refractivity (Wildman–Crippen MR) is 138 cm³/mol. The van der Waals surface area contributed by atoms with Crippen molar-refractivity contribution < 1.29 is 14.6 Å². The fraction of sp³-hybridized carbons (Fsp3) is 0.310. The number of rotatable bonds is 7. The predicted octanol–water partition coefficient (Wildman–Crippen LogP) is 4.92. The van der Waals surface area contributed by atoms with E-state index in [1.165, 1.54) is 0 Å². The normalized spacial score (nSPS) is 16.7. The third-order valence-electron chi connectivity index (χ3n) is 6.52. The third kappa shape index (κ3) is 4.93. The van der Waals surface area contributed by atoms with Crippen molar-refractivity contribution in [2.75, 3.05) is 18.1 Å². The van der Waals surface area contributed by atoms with Crippen molar-refractivity contribution in [3.05, 3.63) is 89.2 Å². The SMILES string of the molecule is Cc1cc(C)cc(OC[C@@H](O)Cn2c([C@@H]3CC(=O)N(c4cccc(C)c4)C3)nc3ccccc32)c1. The number of imidazole rings is 1. The van der Waals surface area contributed by atoms with Crippen molar-refractivity contribution in [3.63, 3.8) is 0 Å². The molecule has 3 aromatic carbocycles. The van der Waals surface area contributed by atoms with Crippen molar-refractivity contribution in [1.82, 2.24) is 9.55 Å². The summed E-state index contributed by atoms with van der Waals surface area (Å²) >= 11 is 0. The first-order chi connectivity index (χ1) is 16.9. The standard InChI is InChI=1S/C29H31N3O3/c1-19-7-6-8-23(12-19)31-16-22(15-28(31)34)29-30-26-9-4-5-10-27(26)32(29)17-24(33)18-35-25-13-20(2)11-21(3)14-25/h4-14,22,24,33H,15-18H2,1-3H3/t22-,24+/m1/s1. The summed E-state index contributed by atoms with van der Waals surface area (Å²) in [6.07, 6.45) is -0.330. The van der Waals surface area contributed by atoms with Crippen molar-refractivity contribution >= 4 is 22.6 Å². The van der Waals surface area contributed by atoms with Gasteiger partial charge in [-0.05, 0) is 73.9 Å². The second kappa shape index (κ2) is 9.55. The maximum atomic E-state index is 13.0. The Labute approximate surface area is 205 Å². The van der Waals surface area contributed by atoms with Gasteiger partial charge in [-0.15, -0.1) is 0 Å². The number of anilines is 1. The van der Waals surface area contributed by atoms with E-state index in [1.807, 2.05) is 86.3 Å². The van der Waals surface area contributed by atoms with Crippen LogP contribution in [-0.2, 0) is 11.3 Å². The molecule has 5 rings (SSSR count). The minimum absolute atomic E-state index is 0.0528. The van der Waals surface area contributed by atoms with Gasteiger partial charge in [-0.2, -0.15) is 0 Å². The molecule has 6 heteroatoms. The molecule has 1 aromatic heterocycles. The van der Waals surface area contributed by atoms with Gasteiger partial charge in [0, 0.05) is 24.6 Å². The van der Waals surface area contributed by atoms with E-state index in [0.29, 0.717) is 19.5 Å². The maximum Gasteiger partial charge on any atom is 0.227 e. The van der Waals surface area contributed by atoms with Gasteiger partial charge in [0.05, 0.1) is 17.6 Å². The average molecular weight is 470 g/mol. The zero-order valence-corrected chi connectivity index (χ0v) is 20.4. The van der Waals surface area contributed by atoms with Crippen LogP contribution in [0.2, 0.25) is 0 Å². The molecular formula is C29H31N3O3. The molecule has 0 radical (unpaired) electrons. The lowest BCUT2D eigenvalue weighted by Gasteiger charge is -2.19. The van der Waals surface area contributed by atoms with Crippen LogP contribution in [0.25, 0.3) is 11.0 Å². The minimum Gasteiger partial charge on any atom is -0.491 e. The smallest absolute Gasteiger partial charge is 0.227 e. The highest BCUT2D eigenvalue weighted by Crippen LogP contribution is 2.33. The molecule has 1 aliphatic rings. The summed E-state index contributed by atoms with van der Waals surface area (Å²) in [4.78, 5) is 19.7. The Morgan fingerprint density at radius 3 is 2.54 bits per heavy atom. The number of aryl methyl sites for hydroxylation is 3. The topological polar surface area (TPSA) is 67.6 Å². The van der Waals surface area contributed by atoms with Crippen molar-refractivity contribution in [3.8, 4) is 5.75 Å². The summed E-state index contributed by atoms with van der Waals surface area (Å²) in [5.74, 6) is 1.63. The van der Waals surface area contributed by atoms with E-state index in [2.05, 4.69) is 10.6 Å². The zero-order chi connectivity index (χ0) is 24.5. The van der Waals surface area contributed by atoms with Gasteiger partial charge in [0.2, 0.25) is 5.91 Å². The van der Waals surface area contributed by atoms with Crippen LogP contribution in [-0.4, -0.2) is 39.8 Å². The van der Waals surface area contributed by atoms with Crippen molar-refractivity contribution in [2.24, 2.45) is 0 Å². The highest BCUT2D eigenvalue weighted by atomic mass is 16.5. The lowest BCUT2D eigenvalue weighted by molar-refractivity contribution is -0.117. The van der Waals surface area contributed by atoms with Crippen LogP contribution in [0.15, 0.2) is 66.7 Å². The fourth-order valence-electron chi connectivity index (χ4n) is 5.00. The van der Waals surface area contributed by atoms with E-state index in [4.69, 9.17) is 9.72 Å². The van der Waals surface area contributed by atoms with Gasteiger partial charge in [-0.25, -0.2) is 4.98 Å². The molecule has 0 spiro atoms. The molecule has 2 heterocycles. The molecule has 0 bridgehead atoms. The third-order valence-corrected chi connectivity index (χ3v) is 6.52. The fourth-order valence-corrected chi connectivity index (χ4v) is 5.00. The van der Waals surface area contributed by atoms with Gasteiger partial charge in [0.1, 0.15) is 24.3 Å². The van der Waals surface area contributed by atoms with Crippen LogP contribution >= 0.6 is 0 Å². The maximum absolute atomic E-state index is 13.0. The molecular weight excluding hydrogens is 438 g/mol. The Bertz CT molecular complexity index is 1360. The first-order valence-corrected chi connectivity index (χ1v) is 12.1. The molecule has 0 saturated carbocycles. The van der Waals surface area contributed by atoms with Crippen LogP contribution in [0.4, 0.5) is 5.69 Å². The van der Waals surface area contributed by atoms with Crippen LogP contribution in [0.3, 0.4) is 0 Å². The number of aliphatic hydroxyl groups excluding tert-OH is 1. The summed E-state index contributed by atoms with van der Waals surface area (Å²) in [6, 6.07) is 22.0. The summed E-state index contributed by atoms with van der Waals surface area (Å²) in [5.41, 5.74) is 6.11. The molecule has 0 unspecified atom stereocenters. The van der Waals surface area contributed by atoms with E-state index in [0.717, 1.165) is 45.0 Å². The van der Waals surface area contributed by atoms with Gasteiger partial charge in [0.25, 0.3) is 0 Å². The van der Waals surface area contributed by atoms with Gasteiger partial charge < -0.3 is 19.3 Å². The molecule has 1 N–H and O–H groups in total. The number of carbonyl (C=O) groups excluding carboxylic acids is 1. The van der Waals surface area contributed by atoms with Crippen molar-refractivity contribution in [2.45, 2.75) is 45.8 Å². The van der Waals surface area contributed by atoms with Crippen molar-refractivity contribution in [1.29, 1.82) is 0 Å². The quantitative estimate of drug-likeness (QED) is 0.417. The van der Waals surface area contributed by atoms with Crippen LogP contribution in [0, 0.1) is 20.8 Å². The molecule has 1 saturated heterocycles. The molecule has 1 amide bonds. The number of fused-ring (bicyclic) bond motifs is 1. The van der Waals surface area contributed by atoms with E-state index < -0.39 is 6.10 Å². The lowest BCUT2D eigenvalue weighted by Crippen LogP contribution is -2.26. The number of amides is 1. The Hall–Kier alpha value is -3.64. The number of aliphatic hydroxyl groups is 1. The Morgan fingerprint density at radius 2 is 1.77 bits per heavy atom. The minimum atomic E-state index is -0.725. The largest absolute Gasteiger partial charge is 0.491 e. The van der Waals surface area contributed by atoms with Crippen LogP contribution in [0.5, 0.6) is 5.75 Å². The average Bonchev–Trinajstić information content (AvgIpc) is 3.38. The Kier molecular flexibility index (Phi) is 6.31. The number of para-hydroxylation sites is 2. The lowest BCUT2D eigenvalue weighted by atomic mass is 10.1. The van der Waals surface area contributed by atoms with Gasteiger partial charge in [-0.3, -0.25) is 4.79 Å². The number of benzene rings is 3. The molecule has 6 nitrogen and oxygen atoms in total. The molecule has 0 aliphatic carbocycles. The van der Waals surface area contributed by atoms with E-state index in [9.17, 15) is 9.90 Å². The molecule has 180 valence electrons. The van der Waals surface area contributed by atoms with Crippen LogP contribution < -0.4 is 9.64 Å². The highest BCUT2D eigenvalue weighted by molar-refractivity contribution is 5.96. The number of ether oxygens (including phenoxy) is 1. The number of hydrogen-bond donors (Lipinski definition) is 1. The number of nitrogens with zero attached hydrogens (tertiary/aromatic N) is 3. The van der Waals surface area contributed by atoms with Crippen LogP contribution in [0.1, 0.15) is 34.9 Å². The number of carbonyl (C=O) groups is 1. The number of aromatic nitrogens is 2. The second-order valence-electron chi connectivity index (χ2n) is 9.60. The molecule has 35 heavy (non-hydrogen) atoms. The molecule has 1 fully saturated rings. The van der Waals surface area contributed by atoms with E-state index in [1.54, 1.807) is 0 Å². The summed E-state index contributed by atoms with van der Waals surface area (Å²) in [7, 11) is 0. The Morgan fingerprint density at radius 1 is 1.00 bits per heavy atom. The first kappa shape index (κ1) is 23.1. The summed E-state index contributed by atoms with van der Waals surface area (Å²) in [5, 5.41) is 10.9. The molecule has 4 aromatic rings. The zero-order valence-electron chi connectivity index (χ0n) is 20.4. The monoisotopic (exact) mass is 469 g/mol. The van der Waals surface area contributed by atoms with Gasteiger partial charge in [-0.1, -0.05) is 30.3 Å². The summed E-state index contributed by atoms with van der Waals surface area (Å²) in [6.45, 7) is 7.18. The molecule has 1 aliphatic heterocycles. The second-order valence-corrected chi connectivity index (χ2v) is 9.60. The summed E-state index contributed by atoms with van der Waals surface area (Å²) < 4.78 is 7.97. The van der Waals surface area contributed by atoms with Gasteiger partial charge in [0.15, 0.2) is 0 Å².